The Kier molecular flexibility index (Phi) is 9.59. The Morgan fingerprint density at radius 3 is 2.29 bits per heavy atom. The van der Waals surface area contributed by atoms with Crippen molar-refractivity contribution in [1.82, 2.24) is 0 Å². The van der Waals surface area contributed by atoms with Gasteiger partial charge in [-0.3, -0.25) is 0 Å². The van der Waals surface area contributed by atoms with Crippen molar-refractivity contribution < 1.29 is 23.7 Å². The lowest BCUT2D eigenvalue weighted by molar-refractivity contribution is -0.190. The van der Waals surface area contributed by atoms with Crippen LogP contribution in [-0.2, 0) is 24.8 Å². The zero-order valence-electron chi connectivity index (χ0n) is 23.8. The van der Waals surface area contributed by atoms with Crippen molar-refractivity contribution in [1.29, 1.82) is 0 Å². The quantitative estimate of drug-likeness (QED) is 0.167. The van der Waals surface area contributed by atoms with E-state index in [1.54, 1.807) is 0 Å². The maximum absolute atomic E-state index is 6.33. The van der Waals surface area contributed by atoms with E-state index in [0.29, 0.717) is 37.5 Å². The van der Waals surface area contributed by atoms with Crippen molar-refractivity contribution in [3.63, 3.8) is 0 Å². The Balaban J connectivity index is 1.33. The first-order chi connectivity index (χ1) is 18.1. The molecule has 0 saturated carbocycles. The van der Waals surface area contributed by atoms with Gasteiger partial charge < -0.3 is 23.7 Å². The van der Waals surface area contributed by atoms with Crippen LogP contribution in [0.15, 0.2) is 36.4 Å². The molecule has 2 aromatic rings. The Bertz CT molecular complexity index is 1080. The van der Waals surface area contributed by atoms with Gasteiger partial charge in [-0.05, 0) is 72.6 Å². The molecule has 0 aromatic heterocycles. The van der Waals surface area contributed by atoms with E-state index in [-0.39, 0.29) is 24.4 Å². The molecule has 4 rings (SSSR count). The zero-order valence-corrected chi connectivity index (χ0v) is 24.6. The number of rotatable bonds is 11. The average molecular weight is 543 g/mol. The molecule has 2 saturated heterocycles. The Morgan fingerprint density at radius 2 is 1.63 bits per heavy atom. The maximum Gasteiger partial charge on any atom is 0.164 e. The highest BCUT2D eigenvalue weighted by molar-refractivity contribution is 6.17. The predicted octanol–water partition coefficient (Wildman–Crippen LogP) is 7.55. The molecular weight excluding hydrogens is 500 g/mol. The van der Waals surface area contributed by atoms with Crippen LogP contribution in [0.5, 0.6) is 5.75 Å². The first-order valence-corrected chi connectivity index (χ1v) is 14.3. The molecule has 5 nitrogen and oxygen atoms in total. The Labute approximate surface area is 233 Å². The molecule has 38 heavy (non-hydrogen) atoms. The highest BCUT2D eigenvalue weighted by Crippen LogP contribution is 2.38. The van der Waals surface area contributed by atoms with Gasteiger partial charge in [-0.15, -0.1) is 11.6 Å². The van der Waals surface area contributed by atoms with Gasteiger partial charge in [0.05, 0.1) is 19.3 Å². The second-order valence-electron chi connectivity index (χ2n) is 11.4. The van der Waals surface area contributed by atoms with Gasteiger partial charge in [0, 0.05) is 5.88 Å². The van der Waals surface area contributed by atoms with E-state index in [1.165, 1.54) is 16.7 Å². The lowest BCUT2D eigenvalue weighted by Crippen LogP contribution is -2.33. The fraction of sp³-hybridized carbons (Fsp3) is 0.562. The lowest BCUT2D eigenvalue weighted by Gasteiger charge is -2.23. The highest BCUT2D eigenvalue weighted by atomic mass is 35.5. The minimum atomic E-state index is -0.579. The summed E-state index contributed by atoms with van der Waals surface area (Å²) in [6.45, 7) is 16.2. The molecule has 1 unspecified atom stereocenters. The standard InChI is InChI=1S/C32H43ClO5/c1-20(2)26-9-8-10-27(21(3)4)28(26)14-12-23-11-13-25(17-24(23)18-33)35-16-15-34-19-29-31-30(22(5)36-29)37-32(6,7)38-31/h8-14,17,20-22,29-31H,15-16,18-19H2,1-7H3/b14-12+/t22-,29+,30?,31-/m0/s1. The van der Waals surface area contributed by atoms with Crippen molar-refractivity contribution in [3.05, 3.63) is 64.2 Å². The van der Waals surface area contributed by atoms with Crippen LogP contribution >= 0.6 is 11.6 Å². The second kappa shape index (κ2) is 12.5. The molecular formula is C32H43ClO5. The van der Waals surface area contributed by atoms with Gasteiger partial charge in [-0.1, -0.05) is 64.1 Å². The number of hydrogen-bond donors (Lipinski definition) is 0. The predicted molar refractivity (Wildman–Crippen MR) is 154 cm³/mol. The Morgan fingerprint density at radius 1 is 0.947 bits per heavy atom. The van der Waals surface area contributed by atoms with Crippen LogP contribution in [0.2, 0.25) is 0 Å². The zero-order chi connectivity index (χ0) is 27.4. The summed E-state index contributed by atoms with van der Waals surface area (Å²) in [4.78, 5) is 0. The third kappa shape index (κ3) is 6.81. The van der Waals surface area contributed by atoms with E-state index in [2.05, 4.69) is 64.1 Å². The van der Waals surface area contributed by atoms with Crippen molar-refractivity contribution in [2.24, 2.45) is 0 Å². The highest BCUT2D eigenvalue weighted by Gasteiger charge is 2.53. The summed E-state index contributed by atoms with van der Waals surface area (Å²) in [5.41, 5.74) is 6.17. The van der Waals surface area contributed by atoms with Crippen LogP contribution in [-0.4, -0.2) is 50.0 Å². The van der Waals surface area contributed by atoms with E-state index in [4.69, 9.17) is 35.3 Å². The van der Waals surface area contributed by atoms with Crippen LogP contribution in [0, 0.1) is 0 Å². The molecule has 208 valence electrons. The molecule has 2 aliphatic heterocycles. The summed E-state index contributed by atoms with van der Waals surface area (Å²) in [6, 6.07) is 12.7. The molecule has 2 fully saturated rings. The van der Waals surface area contributed by atoms with E-state index in [0.717, 1.165) is 16.9 Å². The number of ether oxygens (including phenoxy) is 5. The van der Waals surface area contributed by atoms with Gasteiger partial charge in [0.1, 0.15) is 30.7 Å². The van der Waals surface area contributed by atoms with Crippen LogP contribution in [0.4, 0.5) is 0 Å². The molecule has 0 bridgehead atoms. The van der Waals surface area contributed by atoms with Crippen molar-refractivity contribution >= 4 is 23.8 Å². The van der Waals surface area contributed by atoms with Crippen molar-refractivity contribution in [2.75, 3.05) is 19.8 Å². The maximum atomic E-state index is 6.33. The largest absolute Gasteiger partial charge is 0.491 e. The third-order valence-corrected chi connectivity index (χ3v) is 7.55. The number of benzene rings is 2. The SMILES string of the molecule is CC(C)c1cccc(C(C)C)c1/C=C/c1ccc(OCCOC[C@H]2O[C@@H](C)C3OC(C)(C)O[C@H]32)cc1CCl. The third-order valence-electron chi connectivity index (χ3n) is 7.27. The Hall–Kier alpha value is -1.89. The number of halogens is 1. The summed E-state index contributed by atoms with van der Waals surface area (Å²) in [6.07, 6.45) is 4.11. The van der Waals surface area contributed by atoms with Crippen LogP contribution < -0.4 is 4.74 Å². The molecule has 2 heterocycles. The molecule has 4 atom stereocenters. The summed E-state index contributed by atoms with van der Waals surface area (Å²) in [7, 11) is 0. The first kappa shape index (κ1) is 29.1. The minimum absolute atomic E-state index is 0.0102. The minimum Gasteiger partial charge on any atom is -0.491 e. The molecule has 0 aliphatic carbocycles. The number of hydrogen-bond acceptors (Lipinski definition) is 5. The van der Waals surface area contributed by atoms with Crippen molar-refractivity contribution in [2.45, 2.75) is 96.4 Å². The van der Waals surface area contributed by atoms with Gasteiger partial charge in [-0.25, -0.2) is 0 Å². The van der Waals surface area contributed by atoms with E-state index in [9.17, 15) is 0 Å². The molecule has 6 heteroatoms. The monoisotopic (exact) mass is 542 g/mol. The molecule has 0 spiro atoms. The molecule has 0 radical (unpaired) electrons. The topological polar surface area (TPSA) is 46.2 Å². The first-order valence-electron chi connectivity index (χ1n) is 13.8. The lowest BCUT2D eigenvalue weighted by atomic mass is 9.88. The normalized spacial score (nSPS) is 24.6. The molecule has 0 N–H and O–H groups in total. The van der Waals surface area contributed by atoms with Gasteiger partial charge in [0.2, 0.25) is 0 Å². The van der Waals surface area contributed by atoms with Gasteiger partial charge in [-0.2, -0.15) is 0 Å². The average Bonchev–Trinajstić information content (AvgIpc) is 3.35. The van der Waals surface area contributed by atoms with Crippen LogP contribution in [0.25, 0.3) is 12.2 Å². The van der Waals surface area contributed by atoms with Gasteiger partial charge >= 0.3 is 0 Å². The van der Waals surface area contributed by atoms with E-state index >= 15 is 0 Å². The fourth-order valence-electron chi connectivity index (χ4n) is 5.37. The summed E-state index contributed by atoms with van der Waals surface area (Å²) < 4.78 is 29.8. The summed E-state index contributed by atoms with van der Waals surface area (Å²) in [5.74, 6) is 1.52. The van der Waals surface area contributed by atoms with E-state index in [1.807, 2.05) is 32.9 Å². The van der Waals surface area contributed by atoms with Crippen LogP contribution in [0.1, 0.15) is 88.1 Å². The van der Waals surface area contributed by atoms with Crippen LogP contribution in [0.3, 0.4) is 0 Å². The van der Waals surface area contributed by atoms with E-state index < -0.39 is 5.79 Å². The second-order valence-corrected chi connectivity index (χ2v) is 11.6. The summed E-state index contributed by atoms with van der Waals surface area (Å²) in [5, 5.41) is 0. The molecule has 2 aliphatic rings. The summed E-state index contributed by atoms with van der Waals surface area (Å²) >= 11 is 6.33. The number of fused-ring (bicyclic) bond motifs is 1. The number of alkyl halides is 1. The molecule has 0 amide bonds. The smallest absolute Gasteiger partial charge is 0.164 e. The fourth-order valence-corrected chi connectivity index (χ4v) is 5.61. The molecule has 2 aromatic carbocycles. The van der Waals surface area contributed by atoms with Gasteiger partial charge in [0.25, 0.3) is 0 Å². The van der Waals surface area contributed by atoms with Gasteiger partial charge in [0.15, 0.2) is 5.79 Å². The van der Waals surface area contributed by atoms with Crippen molar-refractivity contribution in [3.8, 4) is 5.75 Å².